The molecule has 0 aliphatic carbocycles. The third-order valence-corrected chi connectivity index (χ3v) is 6.94. The molecule has 2 aliphatic rings. The number of likely N-dealkylation sites (tertiary alicyclic amines) is 1. The van der Waals surface area contributed by atoms with Crippen LogP contribution in [0, 0.1) is 0 Å². The third kappa shape index (κ3) is 5.02. The van der Waals surface area contributed by atoms with Crippen LogP contribution in [0.3, 0.4) is 0 Å². The molecule has 2 aromatic rings. The number of nitrogens with zero attached hydrogens (tertiary/aromatic N) is 2. The molecule has 2 heterocycles. The predicted molar refractivity (Wildman–Crippen MR) is 127 cm³/mol. The first-order valence-electron chi connectivity index (χ1n) is 11.7. The molecule has 8 nitrogen and oxygen atoms in total. The maximum absolute atomic E-state index is 13.2. The number of nitrogens with two attached hydrogens (primary N) is 1. The summed E-state index contributed by atoms with van der Waals surface area (Å²) in [6.45, 7) is 4.51. The van der Waals surface area contributed by atoms with Crippen LogP contribution in [0.15, 0.2) is 42.5 Å². The normalized spacial score (nSPS) is 22.1. The lowest BCUT2D eigenvalue weighted by atomic mass is 9.86. The SMILES string of the molecule is CCCC(NC(=O)CN1CNCC12CCN(Cc1cccc3ccccc13)C(=O)C2)C(N)=O. The van der Waals surface area contributed by atoms with Crippen molar-refractivity contribution in [3.8, 4) is 0 Å². The maximum atomic E-state index is 13.2. The summed E-state index contributed by atoms with van der Waals surface area (Å²) < 4.78 is 0. The fourth-order valence-electron chi connectivity index (χ4n) is 5.09. The summed E-state index contributed by atoms with van der Waals surface area (Å²) in [4.78, 5) is 41.4. The minimum absolute atomic E-state index is 0.101. The van der Waals surface area contributed by atoms with Crippen molar-refractivity contribution in [3.05, 3.63) is 48.0 Å². The molecule has 2 fully saturated rings. The summed E-state index contributed by atoms with van der Waals surface area (Å²) in [5.74, 6) is -0.651. The second kappa shape index (κ2) is 9.89. The molecule has 8 heteroatoms. The van der Waals surface area contributed by atoms with Gasteiger partial charge in [0.25, 0.3) is 0 Å². The largest absolute Gasteiger partial charge is 0.368 e. The molecule has 1 spiro atoms. The number of fused-ring (bicyclic) bond motifs is 1. The van der Waals surface area contributed by atoms with Gasteiger partial charge in [-0.3, -0.25) is 19.3 Å². The molecule has 2 aliphatic heterocycles. The highest BCUT2D eigenvalue weighted by Crippen LogP contribution is 2.33. The average molecular weight is 452 g/mol. The number of nitrogens with one attached hydrogen (secondary N) is 2. The smallest absolute Gasteiger partial charge is 0.240 e. The Hall–Kier alpha value is -2.97. The fraction of sp³-hybridized carbons (Fsp3) is 0.480. The fourth-order valence-corrected chi connectivity index (χ4v) is 5.09. The second-order valence-electron chi connectivity index (χ2n) is 9.20. The van der Waals surface area contributed by atoms with Gasteiger partial charge in [0.15, 0.2) is 0 Å². The van der Waals surface area contributed by atoms with Crippen LogP contribution in [-0.2, 0) is 20.9 Å². The number of primary amides is 1. The quantitative estimate of drug-likeness (QED) is 0.561. The van der Waals surface area contributed by atoms with Crippen LogP contribution in [0.4, 0.5) is 0 Å². The van der Waals surface area contributed by atoms with Crippen LogP contribution in [0.5, 0.6) is 0 Å². The van der Waals surface area contributed by atoms with Crippen molar-refractivity contribution in [2.24, 2.45) is 5.73 Å². The topological polar surface area (TPSA) is 108 Å². The van der Waals surface area contributed by atoms with E-state index in [2.05, 4.69) is 34.9 Å². The number of benzene rings is 2. The van der Waals surface area contributed by atoms with E-state index < -0.39 is 11.9 Å². The van der Waals surface area contributed by atoms with Gasteiger partial charge in [-0.05, 0) is 29.2 Å². The van der Waals surface area contributed by atoms with Crippen molar-refractivity contribution in [2.45, 2.75) is 50.7 Å². The van der Waals surface area contributed by atoms with Crippen LogP contribution in [0.25, 0.3) is 10.8 Å². The molecule has 33 heavy (non-hydrogen) atoms. The standard InChI is InChI=1S/C25H33N5O3/c1-2-6-21(24(26)33)28-22(31)15-30-17-27-16-25(30)11-12-29(23(32)13-25)14-19-9-5-8-18-7-3-4-10-20(18)19/h3-5,7-10,21,27H,2,6,11-17H2,1H3,(H2,26,33)(H,28,31). The first-order valence-corrected chi connectivity index (χ1v) is 11.7. The minimum Gasteiger partial charge on any atom is -0.368 e. The number of carbonyl (C=O) groups excluding carboxylic acids is 3. The zero-order chi connectivity index (χ0) is 23.4. The number of amides is 3. The Labute approximate surface area is 194 Å². The van der Waals surface area contributed by atoms with Gasteiger partial charge in [0.05, 0.1) is 6.54 Å². The van der Waals surface area contributed by atoms with Crippen molar-refractivity contribution in [3.63, 3.8) is 0 Å². The van der Waals surface area contributed by atoms with Crippen LogP contribution < -0.4 is 16.4 Å². The molecule has 3 amide bonds. The van der Waals surface area contributed by atoms with Crippen molar-refractivity contribution in [1.82, 2.24) is 20.4 Å². The molecule has 4 rings (SSSR count). The molecule has 176 valence electrons. The average Bonchev–Trinajstić information content (AvgIpc) is 3.16. The summed E-state index contributed by atoms with van der Waals surface area (Å²) in [5, 5.41) is 8.43. The Morgan fingerprint density at radius 3 is 2.76 bits per heavy atom. The summed E-state index contributed by atoms with van der Waals surface area (Å²) in [6, 6.07) is 13.8. The van der Waals surface area contributed by atoms with E-state index in [1.807, 2.05) is 34.9 Å². The molecule has 0 radical (unpaired) electrons. The summed E-state index contributed by atoms with van der Waals surface area (Å²) in [5.41, 5.74) is 6.18. The van der Waals surface area contributed by atoms with Gasteiger partial charge in [0, 0.05) is 38.3 Å². The van der Waals surface area contributed by atoms with Crippen LogP contribution in [0.1, 0.15) is 38.2 Å². The van der Waals surface area contributed by atoms with Crippen molar-refractivity contribution >= 4 is 28.5 Å². The Morgan fingerprint density at radius 1 is 1.21 bits per heavy atom. The lowest BCUT2D eigenvalue weighted by molar-refractivity contribution is -0.140. The van der Waals surface area contributed by atoms with Gasteiger partial charge >= 0.3 is 0 Å². The van der Waals surface area contributed by atoms with Gasteiger partial charge in [0.1, 0.15) is 6.04 Å². The molecule has 4 N–H and O–H groups in total. The molecule has 2 saturated heterocycles. The Balaban J connectivity index is 1.40. The van der Waals surface area contributed by atoms with Crippen LogP contribution in [-0.4, -0.2) is 65.4 Å². The van der Waals surface area contributed by atoms with E-state index in [1.54, 1.807) is 0 Å². The molecule has 0 saturated carbocycles. The predicted octanol–water partition coefficient (Wildman–Crippen LogP) is 1.33. The molecule has 2 atom stereocenters. The molecule has 0 bridgehead atoms. The highest BCUT2D eigenvalue weighted by atomic mass is 16.2. The summed E-state index contributed by atoms with van der Waals surface area (Å²) in [6.07, 6.45) is 2.43. The molecule has 2 aromatic carbocycles. The number of carbonyl (C=O) groups is 3. The van der Waals surface area contributed by atoms with E-state index in [-0.39, 0.29) is 23.9 Å². The zero-order valence-corrected chi connectivity index (χ0v) is 19.2. The van der Waals surface area contributed by atoms with Crippen molar-refractivity contribution in [1.29, 1.82) is 0 Å². The van der Waals surface area contributed by atoms with E-state index in [4.69, 9.17) is 5.73 Å². The van der Waals surface area contributed by atoms with Gasteiger partial charge in [-0.25, -0.2) is 0 Å². The first-order chi connectivity index (χ1) is 15.9. The minimum atomic E-state index is -0.654. The highest BCUT2D eigenvalue weighted by Gasteiger charge is 2.46. The Kier molecular flexibility index (Phi) is 6.95. The number of hydrogen-bond acceptors (Lipinski definition) is 5. The maximum Gasteiger partial charge on any atom is 0.240 e. The lowest BCUT2D eigenvalue weighted by Gasteiger charge is -2.43. The van der Waals surface area contributed by atoms with Gasteiger partial charge in [-0.1, -0.05) is 55.8 Å². The zero-order valence-electron chi connectivity index (χ0n) is 19.2. The number of rotatable bonds is 8. The third-order valence-electron chi connectivity index (χ3n) is 6.94. The number of piperidine rings is 1. The van der Waals surface area contributed by atoms with Crippen molar-refractivity contribution in [2.75, 3.05) is 26.3 Å². The molecule has 0 aromatic heterocycles. The number of hydrogen-bond donors (Lipinski definition) is 3. The van der Waals surface area contributed by atoms with E-state index in [1.165, 1.54) is 10.8 Å². The van der Waals surface area contributed by atoms with Gasteiger partial charge in [-0.2, -0.15) is 0 Å². The van der Waals surface area contributed by atoms with E-state index in [9.17, 15) is 14.4 Å². The molecule has 2 unspecified atom stereocenters. The summed E-state index contributed by atoms with van der Waals surface area (Å²) >= 11 is 0. The van der Waals surface area contributed by atoms with Gasteiger partial charge in [-0.15, -0.1) is 0 Å². The van der Waals surface area contributed by atoms with E-state index >= 15 is 0 Å². The van der Waals surface area contributed by atoms with Crippen LogP contribution >= 0.6 is 0 Å². The first kappa shape index (κ1) is 23.2. The molecular weight excluding hydrogens is 418 g/mol. The Bertz CT molecular complexity index is 1040. The van der Waals surface area contributed by atoms with E-state index in [0.717, 1.165) is 18.4 Å². The van der Waals surface area contributed by atoms with Gasteiger partial charge in [0.2, 0.25) is 17.7 Å². The Morgan fingerprint density at radius 2 is 2.00 bits per heavy atom. The summed E-state index contributed by atoms with van der Waals surface area (Å²) in [7, 11) is 0. The van der Waals surface area contributed by atoms with Crippen molar-refractivity contribution < 1.29 is 14.4 Å². The molecular formula is C25H33N5O3. The van der Waals surface area contributed by atoms with Gasteiger partial charge < -0.3 is 21.3 Å². The van der Waals surface area contributed by atoms with Crippen LogP contribution in [0.2, 0.25) is 0 Å². The second-order valence-corrected chi connectivity index (χ2v) is 9.20. The lowest BCUT2D eigenvalue weighted by Crippen LogP contribution is -2.58. The monoisotopic (exact) mass is 451 g/mol. The highest BCUT2D eigenvalue weighted by molar-refractivity contribution is 5.88. The van der Waals surface area contributed by atoms with E-state index in [0.29, 0.717) is 39.1 Å².